The van der Waals surface area contributed by atoms with Crippen molar-refractivity contribution in [2.45, 2.75) is 83.7 Å². The Morgan fingerprint density at radius 1 is 0.944 bits per heavy atom. The summed E-state index contributed by atoms with van der Waals surface area (Å²) in [4.78, 5) is 11.4. The molecule has 0 aliphatic rings. The zero-order valence-electron chi connectivity index (χ0n) is 11.9. The van der Waals surface area contributed by atoms with Crippen LogP contribution in [0.15, 0.2) is 0 Å². The minimum atomic E-state index is -0.955. The molecule has 3 heteroatoms. The molecule has 0 amide bonds. The number of rotatable bonds is 13. The third kappa shape index (κ3) is 10.7. The molecule has 0 aliphatic carbocycles. The molecule has 1 atom stereocenters. The number of carbonyl (C=O) groups is 1. The van der Waals surface area contributed by atoms with Gasteiger partial charge in [0.1, 0.15) is 6.10 Å². The van der Waals surface area contributed by atoms with Gasteiger partial charge in [0.05, 0.1) is 0 Å². The Labute approximate surface area is 112 Å². The van der Waals surface area contributed by atoms with Gasteiger partial charge in [-0.25, -0.2) is 0 Å². The zero-order chi connectivity index (χ0) is 13.6. The minimum absolute atomic E-state index is 0.119. The van der Waals surface area contributed by atoms with E-state index in [9.17, 15) is 9.90 Å². The molecule has 0 aromatic rings. The third-order valence-electron chi connectivity index (χ3n) is 3.30. The molecule has 0 radical (unpaired) electrons. The molecule has 1 unspecified atom stereocenters. The van der Waals surface area contributed by atoms with Crippen molar-refractivity contribution in [2.24, 2.45) is 0 Å². The fraction of sp³-hybridized carbons (Fsp3) is 0.933. The number of hydrogen-bond donors (Lipinski definition) is 2. The normalized spacial score (nSPS) is 12.6. The van der Waals surface area contributed by atoms with Crippen LogP contribution in [0.3, 0.4) is 0 Å². The molecule has 0 aliphatic heterocycles. The molecule has 0 saturated carbocycles. The van der Waals surface area contributed by atoms with Crippen molar-refractivity contribution in [3.05, 3.63) is 0 Å². The van der Waals surface area contributed by atoms with E-state index in [1.807, 2.05) is 0 Å². The molecule has 0 aromatic heterocycles. The second-order valence-electron chi connectivity index (χ2n) is 5.07. The Morgan fingerprint density at radius 3 is 1.94 bits per heavy atom. The predicted octanol–water partition coefficient (Wildman–Crippen LogP) is 3.22. The number of Topliss-reactive ketones (excluding diaryl/α,β-unsaturated/α-hetero) is 1. The molecular weight excluding hydrogens is 228 g/mol. The lowest BCUT2D eigenvalue weighted by Gasteiger charge is -2.07. The van der Waals surface area contributed by atoms with Gasteiger partial charge in [0.15, 0.2) is 5.78 Å². The highest BCUT2D eigenvalue weighted by molar-refractivity contribution is 5.82. The molecule has 0 saturated heterocycles. The Hall–Kier alpha value is -0.410. The van der Waals surface area contributed by atoms with Crippen LogP contribution in [0.2, 0.25) is 0 Å². The van der Waals surface area contributed by atoms with Crippen LogP contribution < -0.4 is 0 Å². The topological polar surface area (TPSA) is 57.5 Å². The molecular formula is C15H30O3. The van der Waals surface area contributed by atoms with E-state index in [0.717, 1.165) is 12.8 Å². The molecule has 3 nitrogen and oxygen atoms in total. The predicted molar refractivity (Wildman–Crippen MR) is 74.6 cm³/mol. The van der Waals surface area contributed by atoms with Crippen LogP contribution in [0.5, 0.6) is 0 Å². The lowest BCUT2D eigenvalue weighted by molar-refractivity contribution is -0.127. The molecule has 18 heavy (non-hydrogen) atoms. The fourth-order valence-corrected chi connectivity index (χ4v) is 2.06. The number of aliphatic hydroxyl groups excluding tert-OH is 2. The molecule has 0 rings (SSSR count). The lowest BCUT2D eigenvalue weighted by Crippen LogP contribution is -2.21. The van der Waals surface area contributed by atoms with Gasteiger partial charge in [-0.05, 0) is 6.42 Å². The van der Waals surface area contributed by atoms with Gasteiger partial charge in [-0.3, -0.25) is 4.79 Å². The number of unbranched alkanes of at least 4 members (excludes halogenated alkanes) is 8. The van der Waals surface area contributed by atoms with Crippen LogP contribution in [-0.4, -0.2) is 28.7 Å². The van der Waals surface area contributed by atoms with Gasteiger partial charge in [0.2, 0.25) is 0 Å². The van der Waals surface area contributed by atoms with Crippen molar-refractivity contribution < 1.29 is 15.0 Å². The SMILES string of the molecule is CCCCCCCCCCCC(=O)C(O)CCO. The van der Waals surface area contributed by atoms with E-state index in [-0.39, 0.29) is 18.8 Å². The summed E-state index contributed by atoms with van der Waals surface area (Å²) < 4.78 is 0. The van der Waals surface area contributed by atoms with Gasteiger partial charge in [-0.15, -0.1) is 0 Å². The highest BCUT2D eigenvalue weighted by Crippen LogP contribution is 2.11. The lowest BCUT2D eigenvalue weighted by atomic mass is 10.0. The average Bonchev–Trinajstić information content (AvgIpc) is 2.36. The Bertz CT molecular complexity index is 192. The summed E-state index contributed by atoms with van der Waals surface area (Å²) in [6, 6.07) is 0. The summed E-state index contributed by atoms with van der Waals surface area (Å²) in [7, 11) is 0. The van der Waals surface area contributed by atoms with Crippen LogP contribution in [0.1, 0.15) is 77.6 Å². The molecule has 0 aromatic carbocycles. The van der Waals surface area contributed by atoms with E-state index in [1.165, 1.54) is 44.9 Å². The molecule has 108 valence electrons. The van der Waals surface area contributed by atoms with Gasteiger partial charge in [-0.2, -0.15) is 0 Å². The van der Waals surface area contributed by atoms with E-state index < -0.39 is 6.10 Å². The fourth-order valence-electron chi connectivity index (χ4n) is 2.06. The molecule has 0 spiro atoms. The van der Waals surface area contributed by atoms with Gasteiger partial charge in [0.25, 0.3) is 0 Å². The molecule has 0 bridgehead atoms. The summed E-state index contributed by atoms with van der Waals surface area (Å²) in [5, 5.41) is 17.9. The first kappa shape index (κ1) is 17.6. The summed E-state index contributed by atoms with van der Waals surface area (Å²) in [5.41, 5.74) is 0. The first-order valence-electron chi connectivity index (χ1n) is 7.54. The highest BCUT2D eigenvalue weighted by Gasteiger charge is 2.12. The summed E-state index contributed by atoms with van der Waals surface area (Å²) in [5.74, 6) is -0.119. The van der Waals surface area contributed by atoms with Gasteiger partial charge in [0, 0.05) is 19.4 Å². The minimum Gasteiger partial charge on any atom is -0.396 e. The summed E-state index contributed by atoms with van der Waals surface area (Å²) in [6.07, 6.45) is 10.7. The van der Waals surface area contributed by atoms with Crippen molar-refractivity contribution in [1.82, 2.24) is 0 Å². The van der Waals surface area contributed by atoms with Crippen LogP contribution in [0.25, 0.3) is 0 Å². The Balaban J connectivity index is 3.22. The number of aliphatic hydroxyl groups is 2. The summed E-state index contributed by atoms with van der Waals surface area (Å²) >= 11 is 0. The van der Waals surface area contributed by atoms with Crippen LogP contribution >= 0.6 is 0 Å². The number of ketones is 1. The quantitative estimate of drug-likeness (QED) is 0.499. The molecule has 0 fully saturated rings. The van der Waals surface area contributed by atoms with Gasteiger partial charge in [-0.1, -0.05) is 58.3 Å². The highest BCUT2D eigenvalue weighted by atomic mass is 16.3. The van der Waals surface area contributed by atoms with Crippen molar-refractivity contribution >= 4 is 5.78 Å². The van der Waals surface area contributed by atoms with Gasteiger partial charge >= 0.3 is 0 Å². The number of hydrogen-bond acceptors (Lipinski definition) is 3. The van der Waals surface area contributed by atoms with E-state index in [1.54, 1.807) is 0 Å². The number of carbonyl (C=O) groups excluding carboxylic acids is 1. The Morgan fingerprint density at radius 2 is 1.44 bits per heavy atom. The zero-order valence-corrected chi connectivity index (χ0v) is 11.9. The van der Waals surface area contributed by atoms with Crippen LogP contribution in [-0.2, 0) is 4.79 Å². The largest absolute Gasteiger partial charge is 0.396 e. The summed E-state index contributed by atoms with van der Waals surface area (Å²) in [6.45, 7) is 2.10. The maximum Gasteiger partial charge on any atom is 0.161 e. The standard InChI is InChI=1S/C15H30O3/c1-2-3-4-5-6-7-8-9-10-11-14(17)15(18)12-13-16/h15-16,18H,2-13H2,1H3. The van der Waals surface area contributed by atoms with Crippen LogP contribution in [0, 0.1) is 0 Å². The second kappa shape index (κ2) is 13.0. The first-order valence-corrected chi connectivity index (χ1v) is 7.54. The maximum absolute atomic E-state index is 11.4. The average molecular weight is 258 g/mol. The van der Waals surface area contributed by atoms with Gasteiger partial charge < -0.3 is 10.2 Å². The van der Waals surface area contributed by atoms with Crippen LogP contribution in [0.4, 0.5) is 0 Å². The second-order valence-corrected chi connectivity index (χ2v) is 5.07. The van der Waals surface area contributed by atoms with Crippen molar-refractivity contribution in [2.75, 3.05) is 6.61 Å². The van der Waals surface area contributed by atoms with E-state index in [2.05, 4.69) is 6.92 Å². The molecule has 0 heterocycles. The Kier molecular flexibility index (Phi) is 12.7. The first-order chi connectivity index (χ1) is 8.72. The van der Waals surface area contributed by atoms with E-state index >= 15 is 0 Å². The van der Waals surface area contributed by atoms with E-state index in [4.69, 9.17) is 5.11 Å². The van der Waals surface area contributed by atoms with Crippen molar-refractivity contribution in [3.63, 3.8) is 0 Å². The molecule has 2 N–H and O–H groups in total. The maximum atomic E-state index is 11.4. The van der Waals surface area contributed by atoms with Crippen molar-refractivity contribution in [3.8, 4) is 0 Å². The smallest absolute Gasteiger partial charge is 0.161 e. The third-order valence-corrected chi connectivity index (χ3v) is 3.30. The van der Waals surface area contributed by atoms with Crippen molar-refractivity contribution in [1.29, 1.82) is 0 Å². The van der Waals surface area contributed by atoms with E-state index in [0.29, 0.717) is 6.42 Å². The monoisotopic (exact) mass is 258 g/mol.